The van der Waals surface area contributed by atoms with E-state index >= 15 is 0 Å². The summed E-state index contributed by atoms with van der Waals surface area (Å²) in [5.74, 6) is -1.24. The second kappa shape index (κ2) is 7.02. The zero-order chi connectivity index (χ0) is 17.0. The van der Waals surface area contributed by atoms with Crippen LogP contribution in [0.3, 0.4) is 0 Å². The van der Waals surface area contributed by atoms with E-state index < -0.39 is 18.3 Å². The minimum atomic E-state index is -0.875. The van der Waals surface area contributed by atoms with Gasteiger partial charge in [-0.05, 0) is 29.8 Å². The van der Waals surface area contributed by atoms with Gasteiger partial charge in [-0.15, -0.1) is 0 Å². The normalized spacial score (nSPS) is 11.8. The number of phenolic OH excluding ortho intramolecular Hbond substituents is 2. The van der Waals surface area contributed by atoms with E-state index in [1.807, 2.05) is 0 Å². The summed E-state index contributed by atoms with van der Waals surface area (Å²) in [6.07, 6.45) is 0. The van der Waals surface area contributed by atoms with Crippen LogP contribution in [-0.2, 0) is 0 Å². The first-order valence-corrected chi connectivity index (χ1v) is 6.91. The van der Waals surface area contributed by atoms with Gasteiger partial charge in [0.2, 0.25) is 0 Å². The molecule has 1 atom stereocenters. The Balaban J connectivity index is 2.46. The molecule has 0 spiro atoms. The van der Waals surface area contributed by atoms with Crippen LogP contribution in [-0.4, -0.2) is 41.9 Å². The van der Waals surface area contributed by atoms with Crippen molar-refractivity contribution in [3.63, 3.8) is 0 Å². The number of ketones is 1. The number of phenols is 2. The maximum atomic E-state index is 12.7. The molecule has 6 heteroatoms. The van der Waals surface area contributed by atoms with Gasteiger partial charge in [-0.1, -0.05) is 12.1 Å². The van der Waals surface area contributed by atoms with Crippen LogP contribution in [0.5, 0.6) is 23.0 Å². The highest BCUT2D eigenvalue weighted by atomic mass is 16.5. The molecule has 0 saturated carbocycles. The summed E-state index contributed by atoms with van der Waals surface area (Å²) in [5.41, 5.74) is 0.649. The van der Waals surface area contributed by atoms with Gasteiger partial charge in [0.15, 0.2) is 28.8 Å². The summed E-state index contributed by atoms with van der Waals surface area (Å²) < 4.78 is 10.1. The van der Waals surface area contributed by atoms with E-state index in [2.05, 4.69) is 0 Å². The van der Waals surface area contributed by atoms with Crippen LogP contribution in [0, 0.1) is 0 Å². The molecule has 0 unspecified atom stereocenters. The van der Waals surface area contributed by atoms with Crippen LogP contribution in [0.15, 0.2) is 36.4 Å². The summed E-state index contributed by atoms with van der Waals surface area (Å²) in [4.78, 5) is 12.7. The minimum absolute atomic E-state index is 0.0571. The molecule has 0 aliphatic heterocycles. The summed E-state index contributed by atoms with van der Waals surface area (Å²) in [6.45, 7) is -0.439. The molecule has 0 fully saturated rings. The number of hydrogen-bond acceptors (Lipinski definition) is 6. The monoisotopic (exact) mass is 318 g/mol. The van der Waals surface area contributed by atoms with Crippen LogP contribution in [0.4, 0.5) is 0 Å². The molecule has 0 bridgehead atoms. The number of aromatic hydroxyl groups is 2. The lowest BCUT2D eigenvalue weighted by atomic mass is 9.90. The standard InChI is InChI=1S/C17H18O6/c1-22-15-8-10(6-7-13(15)19)12(9-18)16(21)11-4-3-5-14(20)17(11)23-2/h3-8,12,18-20H,9H2,1-2H3/t12-/m0/s1. The molecule has 2 aromatic rings. The third kappa shape index (κ3) is 3.22. The van der Waals surface area contributed by atoms with Crippen molar-refractivity contribution in [3.05, 3.63) is 47.5 Å². The molecule has 0 aliphatic carbocycles. The summed E-state index contributed by atoms with van der Waals surface area (Å²) >= 11 is 0. The van der Waals surface area contributed by atoms with Crippen molar-refractivity contribution in [3.8, 4) is 23.0 Å². The SMILES string of the molecule is COc1cc([C@H](CO)C(=O)c2cccc(O)c2OC)ccc1O. The average molecular weight is 318 g/mol. The van der Waals surface area contributed by atoms with Gasteiger partial charge in [-0.2, -0.15) is 0 Å². The predicted molar refractivity (Wildman–Crippen MR) is 83.5 cm³/mol. The number of rotatable bonds is 6. The van der Waals surface area contributed by atoms with Crippen LogP contribution in [0.25, 0.3) is 0 Å². The van der Waals surface area contributed by atoms with Gasteiger partial charge >= 0.3 is 0 Å². The topological polar surface area (TPSA) is 96.2 Å². The molecular weight excluding hydrogens is 300 g/mol. The van der Waals surface area contributed by atoms with E-state index in [9.17, 15) is 20.1 Å². The number of benzene rings is 2. The molecule has 0 heterocycles. The first-order valence-electron chi connectivity index (χ1n) is 6.91. The zero-order valence-electron chi connectivity index (χ0n) is 12.8. The molecule has 0 amide bonds. The fourth-order valence-electron chi connectivity index (χ4n) is 2.37. The Morgan fingerprint density at radius 3 is 2.43 bits per heavy atom. The van der Waals surface area contributed by atoms with Gasteiger partial charge in [0.05, 0.1) is 32.3 Å². The number of methoxy groups -OCH3 is 2. The minimum Gasteiger partial charge on any atom is -0.504 e. The number of ether oxygens (including phenoxy) is 2. The highest BCUT2D eigenvalue weighted by Gasteiger charge is 2.26. The van der Waals surface area contributed by atoms with Crippen molar-refractivity contribution in [1.29, 1.82) is 0 Å². The largest absolute Gasteiger partial charge is 0.504 e. The average Bonchev–Trinajstić information content (AvgIpc) is 2.56. The molecule has 3 N–H and O–H groups in total. The fraction of sp³-hybridized carbons (Fsp3) is 0.235. The highest BCUT2D eigenvalue weighted by Crippen LogP contribution is 2.35. The van der Waals surface area contributed by atoms with E-state index in [1.165, 1.54) is 50.6 Å². The fourth-order valence-corrected chi connectivity index (χ4v) is 2.37. The van der Waals surface area contributed by atoms with Crippen LogP contribution in [0.1, 0.15) is 21.8 Å². The number of aliphatic hydroxyl groups is 1. The molecule has 2 rings (SSSR count). The van der Waals surface area contributed by atoms with E-state index in [-0.39, 0.29) is 28.6 Å². The Labute approximate surface area is 133 Å². The van der Waals surface area contributed by atoms with Crippen molar-refractivity contribution >= 4 is 5.78 Å². The molecule has 0 aliphatic rings. The number of carbonyl (C=O) groups excluding carboxylic acids is 1. The lowest BCUT2D eigenvalue weighted by Gasteiger charge is -2.17. The van der Waals surface area contributed by atoms with Crippen LogP contribution in [0.2, 0.25) is 0 Å². The molecule has 6 nitrogen and oxygen atoms in total. The number of hydrogen-bond donors (Lipinski definition) is 3. The smallest absolute Gasteiger partial charge is 0.176 e. The molecule has 0 aromatic heterocycles. The lowest BCUT2D eigenvalue weighted by Crippen LogP contribution is -2.17. The Kier molecular flexibility index (Phi) is 5.08. The number of Topliss-reactive ketones (excluding diaryl/α,β-unsaturated/α-hetero) is 1. The van der Waals surface area contributed by atoms with E-state index in [0.29, 0.717) is 5.56 Å². The third-order valence-corrected chi connectivity index (χ3v) is 3.57. The second-order valence-corrected chi connectivity index (χ2v) is 4.89. The maximum absolute atomic E-state index is 12.7. The molecule has 2 aromatic carbocycles. The van der Waals surface area contributed by atoms with E-state index in [1.54, 1.807) is 0 Å². The van der Waals surface area contributed by atoms with Crippen LogP contribution >= 0.6 is 0 Å². The second-order valence-electron chi connectivity index (χ2n) is 4.89. The molecule has 0 radical (unpaired) electrons. The van der Waals surface area contributed by atoms with Crippen LogP contribution < -0.4 is 9.47 Å². The summed E-state index contributed by atoms with van der Waals surface area (Å²) in [6, 6.07) is 8.87. The Hall–Kier alpha value is -2.73. The Bertz CT molecular complexity index is 710. The van der Waals surface area contributed by atoms with Crippen molar-refractivity contribution in [1.82, 2.24) is 0 Å². The maximum Gasteiger partial charge on any atom is 0.176 e. The molecule has 0 saturated heterocycles. The van der Waals surface area contributed by atoms with Crippen molar-refractivity contribution in [2.45, 2.75) is 5.92 Å². The van der Waals surface area contributed by atoms with Gasteiger partial charge in [0.1, 0.15) is 0 Å². The molecule has 122 valence electrons. The Morgan fingerprint density at radius 1 is 1.09 bits per heavy atom. The Morgan fingerprint density at radius 2 is 1.83 bits per heavy atom. The highest BCUT2D eigenvalue weighted by molar-refractivity contribution is 6.04. The van der Waals surface area contributed by atoms with Crippen molar-refractivity contribution in [2.24, 2.45) is 0 Å². The van der Waals surface area contributed by atoms with E-state index in [0.717, 1.165) is 0 Å². The molecule has 23 heavy (non-hydrogen) atoms. The van der Waals surface area contributed by atoms with Gasteiger partial charge in [-0.3, -0.25) is 4.79 Å². The summed E-state index contributed by atoms with van der Waals surface area (Å²) in [7, 11) is 2.75. The van der Waals surface area contributed by atoms with Gasteiger partial charge in [0.25, 0.3) is 0 Å². The number of para-hydroxylation sites is 1. The van der Waals surface area contributed by atoms with Gasteiger partial charge in [0, 0.05) is 0 Å². The quantitative estimate of drug-likeness (QED) is 0.706. The first kappa shape index (κ1) is 16.6. The lowest BCUT2D eigenvalue weighted by molar-refractivity contribution is 0.0918. The number of aliphatic hydroxyl groups excluding tert-OH is 1. The third-order valence-electron chi connectivity index (χ3n) is 3.57. The first-order chi connectivity index (χ1) is 11.0. The predicted octanol–water partition coefficient (Wildman–Crippen LogP) is 2.07. The van der Waals surface area contributed by atoms with Gasteiger partial charge < -0.3 is 24.8 Å². The number of carbonyl (C=O) groups is 1. The van der Waals surface area contributed by atoms with Crippen molar-refractivity contribution < 1.29 is 29.6 Å². The van der Waals surface area contributed by atoms with Crippen molar-refractivity contribution in [2.75, 3.05) is 20.8 Å². The van der Waals surface area contributed by atoms with Gasteiger partial charge in [-0.25, -0.2) is 0 Å². The summed E-state index contributed by atoms with van der Waals surface area (Å²) in [5, 5.41) is 29.1. The zero-order valence-corrected chi connectivity index (χ0v) is 12.8. The van der Waals surface area contributed by atoms with E-state index in [4.69, 9.17) is 9.47 Å². The molecular formula is C17H18O6.